The van der Waals surface area contributed by atoms with Crippen LogP contribution in [0.3, 0.4) is 0 Å². The highest BCUT2D eigenvalue weighted by Crippen LogP contribution is 2.39. The Labute approximate surface area is 144 Å². The molecule has 128 valence electrons. The summed E-state index contributed by atoms with van der Waals surface area (Å²) in [6, 6.07) is 11.3. The second-order valence-corrected chi connectivity index (χ2v) is 5.66. The zero-order chi connectivity index (χ0) is 18.1. The Bertz CT molecular complexity index is 873. The predicted octanol–water partition coefficient (Wildman–Crippen LogP) is 2.89. The van der Waals surface area contributed by atoms with E-state index >= 15 is 0 Å². The van der Waals surface area contributed by atoms with Gasteiger partial charge >= 0.3 is 0 Å². The Balaban J connectivity index is 2.17. The third-order valence-corrected chi connectivity index (χ3v) is 4.24. The number of Topliss-reactive ketones (excluding diaryl/α,β-unsaturated/α-hetero) is 1. The van der Waals surface area contributed by atoms with Gasteiger partial charge in [0.05, 0.1) is 18.7 Å². The fourth-order valence-corrected chi connectivity index (χ4v) is 2.91. The van der Waals surface area contributed by atoms with Gasteiger partial charge in [0, 0.05) is 18.2 Å². The van der Waals surface area contributed by atoms with Crippen LogP contribution < -0.4 is 4.74 Å². The number of halogens is 1. The minimum atomic E-state index is -0.983. The van der Waals surface area contributed by atoms with Crippen molar-refractivity contribution in [1.82, 2.24) is 4.90 Å². The predicted molar refractivity (Wildman–Crippen MR) is 89.5 cm³/mol. The highest BCUT2D eigenvalue weighted by Gasteiger charge is 2.45. The molecule has 1 fully saturated rings. The van der Waals surface area contributed by atoms with Crippen molar-refractivity contribution in [2.75, 3.05) is 14.2 Å². The molecule has 5 nitrogen and oxygen atoms in total. The first-order valence-corrected chi connectivity index (χ1v) is 7.59. The van der Waals surface area contributed by atoms with Gasteiger partial charge in [0.2, 0.25) is 0 Å². The second kappa shape index (κ2) is 6.39. The van der Waals surface area contributed by atoms with E-state index < -0.39 is 23.5 Å². The van der Waals surface area contributed by atoms with Gasteiger partial charge in [0.25, 0.3) is 11.7 Å². The van der Waals surface area contributed by atoms with Crippen LogP contribution in [-0.2, 0) is 9.59 Å². The summed E-state index contributed by atoms with van der Waals surface area (Å²) in [7, 11) is 2.92. The number of amides is 1. The maximum atomic E-state index is 14.2. The van der Waals surface area contributed by atoms with Crippen molar-refractivity contribution >= 4 is 17.4 Å². The number of carbonyl (C=O) groups excluding carboxylic acids is 2. The van der Waals surface area contributed by atoms with Crippen molar-refractivity contribution < 1.29 is 23.8 Å². The number of nitrogens with zero attached hydrogens (tertiary/aromatic N) is 1. The molecule has 1 amide bonds. The molecular weight excluding hydrogens is 325 g/mol. The third kappa shape index (κ3) is 2.76. The van der Waals surface area contributed by atoms with Crippen molar-refractivity contribution in [1.29, 1.82) is 0 Å². The van der Waals surface area contributed by atoms with Crippen molar-refractivity contribution in [3.05, 3.63) is 71.0 Å². The van der Waals surface area contributed by atoms with Gasteiger partial charge in [-0.05, 0) is 30.3 Å². The van der Waals surface area contributed by atoms with E-state index in [1.54, 1.807) is 30.3 Å². The van der Waals surface area contributed by atoms with E-state index in [4.69, 9.17) is 4.74 Å². The largest absolute Gasteiger partial charge is 0.507 e. The fraction of sp³-hybridized carbons (Fsp3) is 0.158. The molecule has 1 aliphatic heterocycles. The smallest absolute Gasteiger partial charge is 0.295 e. The zero-order valence-electron chi connectivity index (χ0n) is 13.7. The number of likely N-dealkylation sites (N-methyl/N-ethyl adjacent to an activating group) is 1. The Morgan fingerprint density at radius 2 is 1.76 bits per heavy atom. The average molecular weight is 341 g/mol. The van der Waals surface area contributed by atoms with Crippen molar-refractivity contribution in [2.24, 2.45) is 0 Å². The Morgan fingerprint density at radius 3 is 2.36 bits per heavy atom. The topological polar surface area (TPSA) is 66.8 Å². The molecule has 3 rings (SSSR count). The number of rotatable bonds is 3. The van der Waals surface area contributed by atoms with Gasteiger partial charge in [-0.1, -0.05) is 18.2 Å². The molecule has 0 saturated carbocycles. The molecule has 0 aromatic heterocycles. The van der Waals surface area contributed by atoms with Crippen LogP contribution >= 0.6 is 0 Å². The first-order chi connectivity index (χ1) is 12.0. The number of methoxy groups -OCH3 is 1. The van der Waals surface area contributed by atoms with Gasteiger partial charge < -0.3 is 14.7 Å². The van der Waals surface area contributed by atoms with Crippen LogP contribution in [0.4, 0.5) is 4.39 Å². The Kier molecular flexibility index (Phi) is 4.27. The summed E-state index contributed by atoms with van der Waals surface area (Å²) < 4.78 is 19.3. The lowest BCUT2D eigenvalue weighted by atomic mass is 9.95. The summed E-state index contributed by atoms with van der Waals surface area (Å²) in [4.78, 5) is 25.7. The van der Waals surface area contributed by atoms with Crippen LogP contribution in [0.1, 0.15) is 17.2 Å². The van der Waals surface area contributed by atoms with Gasteiger partial charge in [0.1, 0.15) is 17.3 Å². The summed E-state index contributed by atoms with van der Waals surface area (Å²) in [5.74, 6) is -1.95. The first-order valence-electron chi connectivity index (χ1n) is 7.59. The number of ketones is 1. The average Bonchev–Trinajstić information content (AvgIpc) is 2.86. The van der Waals surface area contributed by atoms with E-state index in [2.05, 4.69) is 0 Å². The first kappa shape index (κ1) is 16.7. The molecule has 1 saturated heterocycles. The van der Waals surface area contributed by atoms with Gasteiger partial charge in [-0.15, -0.1) is 0 Å². The standard InChI is InChI=1S/C19H16FNO4/c1-21-16(13-5-3-4-6-14(13)20)15(18(23)19(21)24)17(22)11-7-9-12(25-2)10-8-11/h3-10,16,22H,1-2H3/b17-15-. The Morgan fingerprint density at radius 1 is 1.12 bits per heavy atom. The number of carbonyl (C=O) groups is 2. The third-order valence-electron chi connectivity index (χ3n) is 4.24. The minimum absolute atomic E-state index is 0.136. The van der Waals surface area contributed by atoms with E-state index in [-0.39, 0.29) is 16.9 Å². The highest BCUT2D eigenvalue weighted by molar-refractivity contribution is 6.46. The van der Waals surface area contributed by atoms with Gasteiger partial charge in [-0.2, -0.15) is 0 Å². The maximum absolute atomic E-state index is 14.2. The maximum Gasteiger partial charge on any atom is 0.295 e. The number of aliphatic hydroxyl groups is 1. The zero-order valence-corrected chi connectivity index (χ0v) is 13.7. The molecular formula is C19H16FNO4. The molecule has 1 aliphatic rings. The van der Waals surface area contributed by atoms with E-state index in [0.717, 1.165) is 4.90 Å². The number of ether oxygens (including phenoxy) is 1. The van der Waals surface area contributed by atoms with Crippen LogP contribution in [0.2, 0.25) is 0 Å². The number of benzene rings is 2. The summed E-state index contributed by atoms with van der Waals surface area (Å²) in [5.41, 5.74) is 0.357. The quantitative estimate of drug-likeness (QED) is 0.530. The summed E-state index contributed by atoms with van der Waals surface area (Å²) in [5, 5.41) is 10.6. The lowest BCUT2D eigenvalue weighted by molar-refractivity contribution is -0.139. The second-order valence-electron chi connectivity index (χ2n) is 5.66. The van der Waals surface area contributed by atoms with E-state index in [9.17, 15) is 19.1 Å². The Hall–Kier alpha value is -3.15. The molecule has 25 heavy (non-hydrogen) atoms. The van der Waals surface area contributed by atoms with Gasteiger partial charge in [-0.3, -0.25) is 9.59 Å². The molecule has 1 atom stereocenters. The van der Waals surface area contributed by atoms with Gasteiger partial charge in [0.15, 0.2) is 0 Å². The van der Waals surface area contributed by atoms with Crippen LogP contribution in [0.15, 0.2) is 54.1 Å². The van der Waals surface area contributed by atoms with Crippen LogP contribution in [0.5, 0.6) is 5.75 Å². The van der Waals surface area contributed by atoms with Crippen LogP contribution in [0, 0.1) is 5.82 Å². The summed E-state index contributed by atoms with van der Waals surface area (Å²) in [6.45, 7) is 0. The molecule has 6 heteroatoms. The molecule has 0 bridgehead atoms. The molecule has 2 aromatic rings. The molecule has 0 radical (unpaired) electrons. The van der Waals surface area contributed by atoms with E-state index in [0.29, 0.717) is 11.3 Å². The van der Waals surface area contributed by atoms with Crippen molar-refractivity contribution in [3.63, 3.8) is 0 Å². The molecule has 1 heterocycles. The van der Waals surface area contributed by atoms with E-state index in [1.165, 1.54) is 32.4 Å². The molecule has 1 unspecified atom stereocenters. The van der Waals surface area contributed by atoms with Crippen molar-refractivity contribution in [3.8, 4) is 5.75 Å². The number of aliphatic hydroxyl groups excluding tert-OH is 1. The normalized spacial score (nSPS) is 19.3. The van der Waals surface area contributed by atoms with Crippen LogP contribution in [-0.4, -0.2) is 35.9 Å². The number of hydrogen-bond acceptors (Lipinski definition) is 4. The lowest BCUT2D eigenvalue weighted by Crippen LogP contribution is -2.25. The van der Waals surface area contributed by atoms with Crippen molar-refractivity contribution in [2.45, 2.75) is 6.04 Å². The highest BCUT2D eigenvalue weighted by atomic mass is 19.1. The van der Waals surface area contributed by atoms with Gasteiger partial charge in [-0.25, -0.2) is 4.39 Å². The van der Waals surface area contributed by atoms with E-state index in [1.807, 2.05) is 0 Å². The SMILES string of the molecule is COc1ccc(/C(O)=C2/C(=O)C(=O)N(C)C2c2ccccc2F)cc1. The lowest BCUT2D eigenvalue weighted by Gasteiger charge is -2.21. The van der Waals surface area contributed by atoms with Crippen LogP contribution in [0.25, 0.3) is 5.76 Å². The fourth-order valence-electron chi connectivity index (χ4n) is 2.91. The molecule has 1 N–H and O–H groups in total. The monoisotopic (exact) mass is 341 g/mol. The summed E-state index contributed by atoms with van der Waals surface area (Å²) in [6.07, 6.45) is 0. The molecule has 2 aromatic carbocycles. The molecule has 0 spiro atoms. The minimum Gasteiger partial charge on any atom is -0.507 e. The number of hydrogen-bond donors (Lipinski definition) is 1. The summed E-state index contributed by atoms with van der Waals surface area (Å²) >= 11 is 0. The number of likely N-dealkylation sites (tertiary alicyclic amines) is 1. The molecule has 0 aliphatic carbocycles.